The zero-order valence-electron chi connectivity index (χ0n) is 9.78. The van der Waals surface area contributed by atoms with Crippen LogP contribution in [0.2, 0.25) is 0 Å². The van der Waals surface area contributed by atoms with E-state index in [4.69, 9.17) is 5.11 Å². The summed E-state index contributed by atoms with van der Waals surface area (Å²) in [7, 11) is 1.85. The van der Waals surface area contributed by atoms with Crippen molar-refractivity contribution in [1.29, 1.82) is 0 Å². The summed E-state index contributed by atoms with van der Waals surface area (Å²) in [5, 5.41) is 8.96. The molecule has 16 heavy (non-hydrogen) atoms. The Balaban J connectivity index is 2.06. The van der Waals surface area contributed by atoms with Gasteiger partial charge in [-0.25, -0.2) is 4.79 Å². The average Bonchev–Trinajstić information content (AvgIpc) is 2.62. The van der Waals surface area contributed by atoms with Gasteiger partial charge in [0.1, 0.15) is 5.69 Å². The third-order valence-electron chi connectivity index (χ3n) is 3.67. The van der Waals surface area contributed by atoms with Gasteiger partial charge in [0, 0.05) is 12.7 Å². The zero-order chi connectivity index (χ0) is 11.5. The molecule has 0 spiro atoms. The fourth-order valence-corrected chi connectivity index (χ4v) is 2.66. The van der Waals surface area contributed by atoms with Crippen molar-refractivity contribution in [2.24, 2.45) is 13.0 Å². The van der Waals surface area contributed by atoms with Crippen LogP contribution in [0.4, 0.5) is 0 Å². The Labute approximate surface area is 96.1 Å². The smallest absolute Gasteiger partial charge is 0.352 e. The molecule has 0 aliphatic heterocycles. The molecular formula is C13H19NO2. The van der Waals surface area contributed by atoms with Crippen LogP contribution in [0.1, 0.15) is 48.3 Å². The Morgan fingerprint density at radius 1 is 1.38 bits per heavy atom. The maximum Gasteiger partial charge on any atom is 0.352 e. The van der Waals surface area contributed by atoms with Crippen LogP contribution < -0.4 is 0 Å². The van der Waals surface area contributed by atoms with E-state index in [2.05, 4.69) is 0 Å². The zero-order valence-corrected chi connectivity index (χ0v) is 9.78. The number of aromatic nitrogens is 1. The summed E-state index contributed by atoms with van der Waals surface area (Å²) in [6, 6.07) is 3.67. The van der Waals surface area contributed by atoms with Crippen LogP contribution in [0.15, 0.2) is 12.1 Å². The highest BCUT2D eigenvalue weighted by molar-refractivity contribution is 5.86. The summed E-state index contributed by atoms with van der Waals surface area (Å²) in [4.78, 5) is 10.9. The molecule has 0 unspecified atom stereocenters. The van der Waals surface area contributed by atoms with E-state index in [9.17, 15) is 4.79 Å². The van der Waals surface area contributed by atoms with E-state index < -0.39 is 5.97 Å². The first-order valence-electron chi connectivity index (χ1n) is 6.06. The average molecular weight is 221 g/mol. The quantitative estimate of drug-likeness (QED) is 0.852. The van der Waals surface area contributed by atoms with Crippen molar-refractivity contribution in [1.82, 2.24) is 4.57 Å². The van der Waals surface area contributed by atoms with Gasteiger partial charge in [-0.05, 0) is 24.5 Å². The molecular weight excluding hydrogens is 202 g/mol. The molecule has 1 aliphatic rings. The minimum atomic E-state index is -0.836. The molecule has 1 heterocycles. The van der Waals surface area contributed by atoms with Gasteiger partial charge in [-0.3, -0.25) is 0 Å². The second-order valence-corrected chi connectivity index (χ2v) is 4.78. The molecule has 88 valence electrons. The van der Waals surface area contributed by atoms with Crippen LogP contribution in [0.3, 0.4) is 0 Å². The summed E-state index contributed by atoms with van der Waals surface area (Å²) in [5.74, 6) is -0.0820. The van der Waals surface area contributed by atoms with E-state index in [1.54, 1.807) is 6.07 Å². The molecule has 1 aromatic rings. The first kappa shape index (κ1) is 11.2. The van der Waals surface area contributed by atoms with Gasteiger partial charge < -0.3 is 9.67 Å². The van der Waals surface area contributed by atoms with Gasteiger partial charge in [0.2, 0.25) is 0 Å². The number of hydrogen-bond acceptors (Lipinski definition) is 1. The number of carbonyl (C=O) groups is 1. The number of carboxylic acid groups (broad SMARTS) is 1. The van der Waals surface area contributed by atoms with Crippen molar-refractivity contribution in [2.45, 2.75) is 38.5 Å². The highest BCUT2D eigenvalue weighted by Gasteiger charge is 2.17. The summed E-state index contributed by atoms with van der Waals surface area (Å²) in [6.45, 7) is 0. The van der Waals surface area contributed by atoms with Crippen LogP contribution in [0, 0.1) is 5.92 Å². The molecule has 1 N–H and O–H groups in total. The van der Waals surface area contributed by atoms with Gasteiger partial charge in [0.25, 0.3) is 0 Å². The SMILES string of the molecule is Cn1c(CC2CCCCC2)ccc1C(=O)O. The molecule has 0 saturated heterocycles. The molecule has 0 atom stereocenters. The molecule has 1 aromatic heterocycles. The molecule has 2 rings (SSSR count). The molecule has 3 heteroatoms. The molecule has 1 saturated carbocycles. The van der Waals surface area contributed by atoms with E-state index >= 15 is 0 Å². The molecule has 1 aliphatic carbocycles. The largest absolute Gasteiger partial charge is 0.477 e. The maximum absolute atomic E-state index is 10.9. The van der Waals surface area contributed by atoms with E-state index in [0.717, 1.165) is 18.0 Å². The van der Waals surface area contributed by atoms with Crippen LogP contribution in [0.25, 0.3) is 0 Å². The number of nitrogens with zero attached hydrogens (tertiary/aromatic N) is 1. The van der Waals surface area contributed by atoms with Crippen molar-refractivity contribution >= 4 is 5.97 Å². The Hall–Kier alpha value is -1.25. The minimum Gasteiger partial charge on any atom is -0.477 e. The number of carboxylic acids is 1. The lowest BCUT2D eigenvalue weighted by Crippen LogP contribution is -2.13. The lowest BCUT2D eigenvalue weighted by molar-refractivity contribution is 0.0686. The normalized spacial score (nSPS) is 17.6. The Morgan fingerprint density at radius 3 is 2.62 bits per heavy atom. The summed E-state index contributed by atoms with van der Waals surface area (Å²) in [6.07, 6.45) is 7.66. The second kappa shape index (κ2) is 4.73. The summed E-state index contributed by atoms with van der Waals surface area (Å²) >= 11 is 0. The van der Waals surface area contributed by atoms with Crippen LogP contribution in [0.5, 0.6) is 0 Å². The second-order valence-electron chi connectivity index (χ2n) is 4.78. The van der Waals surface area contributed by atoms with E-state index in [0.29, 0.717) is 5.69 Å². The van der Waals surface area contributed by atoms with Crippen LogP contribution in [-0.2, 0) is 13.5 Å². The number of aromatic carboxylic acids is 1. The predicted octanol–water partition coefficient (Wildman–Crippen LogP) is 2.85. The predicted molar refractivity (Wildman–Crippen MR) is 62.7 cm³/mol. The van der Waals surface area contributed by atoms with Crippen molar-refractivity contribution in [3.8, 4) is 0 Å². The molecule has 0 bridgehead atoms. The van der Waals surface area contributed by atoms with Gasteiger partial charge in [0.05, 0.1) is 0 Å². The number of hydrogen-bond donors (Lipinski definition) is 1. The minimum absolute atomic E-state index is 0.394. The third-order valence-corrected chi connectivity index (χ3v) is 3.67. The van der Waals surface area contributed by atoms with Gasteiger partial charge in [0.15, 0.2) is 0 Å². The monoisotopic (exact) mass is 221 g/mol. The van der Waals surface area contributed by atoms with E-state index in [1.165, 1.54) is 32.1 Å². The maximum atomic E-state index is 10.9. The number of rotatable bonds is 3. The lowest BCUT2D eigenvalue weighted by Gasteiger charge is -2.21. The van der Waals surface area contributed by atoms with E-state index in [1.807, 2.05) is 17.7 Å². The van der Waals surface area contributed by atoms with Crippen LogP contribution in [-0.4, -0.2) is 15.6 Å². The summed E-state index contributed by atoms with van der Waals surface area (Å²) in [5.41, 5.74) is 1.55. The first-order chi connectivity index (χ1) is 7.68. The van der Waals surface area contributed by atoms with Crippen molar-refractivity contribution in [2.75, 3.05) is 0 Å². The lowest BCUT2D eigenvalue weighted by atomic mass is 9.86. The molecule has 0 amide bonds. The fourth-order valence-electron chi connectivity index (χ4n) is 2.66. The Morgan fingerprint density at radius 2 is 2.06 bits per heavy atom. The molecule has 0 radical (unpaired) electrons. The topological polar surface area (TPSA) is 42.2 Å². The fraction of sp³-hybridized carbons (Fsp3) is 0.615. The molecule has 0 aromatic carbocycles. The van der Waals surface area contributed by atoms with E-state index in [-0.39, 0.29) is 0 Å². The van der Waals surface area contributed by atoms with Crippen LogP contribution >= 0.6 is 0 Å². The Kier molecular flexibility index (Phi) is 3.32. The van der Waals surface area contributed by atoms with Gasteiger partial charge >= 0.3 is 5.97 Å². The van der Waals surface area contributed by atoms with Gasteiger partial charge in [-0.1, -0.05) is 32.1 Å². The van der Waals surface area contributed by atoms with Crippen molar-refractivity contribution in [3.63, 3.8) is 0 Å². The first-order valence-corrected chi connectivity index (χ1v) is 6.06. The summed E-state index contributed by atoms with van der Waals surface area (Å²) < 4.78 is 1.82. The highest BCUT2D eigenvalue weighted by Crippen LogP contribution is 2.27. The van der Waals surface area contributed by atoms with Crippen molar-refractivity contribution in [3.05, 3.63) is 23.5 Å². The van der Waals surface area contributed by atoms with Gasteiger partial charge in [-0.15, -0.1) is 0 Å². The molecule has 3 nitrogen and oxygen atoms in total. The standard InChI is InChI=1S/C13H19NO2/c1-14-11(7-8-12(14)13(15)16)9-10-5-3-2-4-6-10/h7-8,10H,2-6,9H2,1H3,(H,15,16). The highest BCUT2D eigenvalue weighted by atomic mass is 16.4. The van der Waals surface area contributed by atoms with Crippen molar-refractivity contribution < 1.29 is 9.90 Å². The van der Waals surface area contributed by atoms with Gasteiger partial charge in [-0.2, -0.15) is 0 Å². The Bertz CT molecular complexity index is 375. The molecule has 1 fully saturated rings. The third kappa shape index (κ3) is 2.29.